The molecule has 1 unspecified atom stereocenters. The van der Waals surface area contributed by atoms with Gasteiger partial charge in [-0.25, -0.2) is 0 Å². The molecule has 2 amide bonds. The first-order valence-corrected chi connectivity index (χ1v) is 9.43. The third-order valence-corrected chi connectivity index (χ3v) is 5.57. The molecule has 1 saturated carbocycles. The van der Waals surface area contributed by atoms with Crippen molar-refractivity contribution in [1.29, 1.82) is 0 Å². The van der Waals surface area contributed by atoms with E-state index in [4.69, 9.17) is 22.3 Å². The summed E-state index contributed by atoms with van der Waals surface area (Å²) >= 11 is 6.13. The first-order valence-electron chi connectivity index (χ1n) is 9.06. The molecule has 1 heterocycles. The monoisotopic (exact) mass is 381 g/mol. The van der Waals surface area contributed by atoms with Crippen LogP contribution < -0.4 is 5.73 Å². The van der Waals surface area contributed by atoms with E-state index in [0.29, 0.717) is 16.3 Å². The number of nitrogens with two attached hydrogens (primary N) is 1. The van der Waals surface area contributed by atoms with Crippen LogP contribution in [0.25, 0.3) is 0 Å². The van der Waals surface area contributed by atoms with Crippen LogP contribution >= 0.6 is 11.6 Å². The Kier molecular flexibility index (Phi) is 4.48. The fraction of sp³-hybridized carbons (Fsp3) is 0.286. The van der Waals surface area contributed by atoms with Crippen molar-refractivity contribution in [3.05, 3.63) is 70.7 Å². The van der Waals surface area contributed by atoms with E-state index in [0.717, 1.165) is 31.2 Å². The van der Waals surface area contributed by atoms with Gasteiger partial charge in [-0.1, -0.05) is 54.1 Å². The molecule has 138 valence electrons. The number of rotatable bonds is 4. The Labute approximate surface area is 162 Å². The summed E-state index contributed by atoms with van der Waals surface area (Å²) in [6, 6.07) is 15.4. The molecule has 5 nitrogen and oxygen atoms in total. The van der Waals surface area contributed by atoms with Crippen LogP contribution in [0.2, 0.25) is 5.02 Å². The molecule has 0 saturated heterocycles. The average Bonchev–Trinajstić information content (AvgIpc) is 3.23. The van der Waals surface area contributed by atoms with Crippen LogP contribution in [0.4, 0.5) is 0 Å². The molecule has 2 aliphatic rings. The molecule has 2 aromatic rings. The Bertz CT molecular complexity index is 920. The van der Waals surface area contributed by atoms with Crippen LogP contribution in [0.15, 0.2) is 59.6 Å². The lowest BCUT2D eigenvalue weighted by Crippen LogP contribution is -2.51. The standard InChI is InChI=1S/C21H20ClN3O2/c22-16-10-6-9-15(13-16)18(19(23)26)25-20(27)17(14-7-2-1-3-8-14)24-21(25)11-4-5-12-21/h1-3,6-10,13,18H,4-5,11-12H2,(H2,23,26). The molecule has 1 fully saturated rings. The highest BCUT2D eigenvalue weighted by atomic mass is 35.5. The fourth-order valence-electron chi connectivity index (χ4n) is 4.17. The second-order valence-corrected chi connectivity index (χ2v) is 7.49. The predicted octanol–water partition coefficient (Wildman–Crippen LogP) is 3.47. The van der Waals surface area contributed by atoms with Gasteiger partial charge in [-0.15, -0.1) is 0 Å². The number of primary amides is 1. The Morgan fingerprint density at radius 1 is 1.11 bits per heavy atom. The number of hydrogen-bond acceptors (Lipinski definition) is 3. The van der Waals surface area contributed by atoms with E-state index < -0.39 is 17.6 Å². The van der Waals surface area contributed by atoms with Crippen molar-refractivity contribution in [2.45, 2.75) is 37.4 Å². The Hall–Kier alpha value is -2.66. The number of aliphatic imine (C=N–C) groups is 1. The predicted molar refractivity (Wildman–Crippen MR) is 104 cm³/mol. The van der Waals surface area contributed by atoms with Crippen molar-refractivity contribution in [3.8, 4) is 0 Å². The summed E-state index contributed by atoms with van der Waals surface area (Å²) in [4.78, 5) is 32.3. The molecular weight excluding hydrogens is 362 g/mol. The van der Waals surface area contributed by atoms with Crippen molar-refractivity contribution in [2.24, 2.45) is 10.7 Å². The highest BCUT2D eigenvalue weighted by molar-refractivity contribution is 6.47. The van der Waals surface area contributed by atoms with Crippen molar-refractivity contribution in [3.63, 3.8) is 0 Å². The minimum atomic E-state index is -0.903. The van der Waals surface area contributed by atoms with E-state index in [1.807, 2.05) is 30.3 Å². The molecule has 6 heteroatoms. The quantitative estimate of drug-likeness (QED) is 0.880. The van der Waals surface area contributed by atoms with E-state index in [2.05, 4.69) is 0 Å². The number of nitrogens with zero attached hydrogens (tertiary/aromatic N) is 2. The SMILES string of the molecule is NC(=O)C(c1cccc(Cl)c1)N1C(=O)C(c2ccccc2)=NC12CCCC2. The third kappa shape index (κ3) is 3.02. The summed E-state index contributed by atoms with van der Waals surface area (Å²) in [5.41, 5.74) is 6.81. The van der Waals surface area contributed by atoms with Crippen LogP contribution in [-0.4, -0.2) is 28.1 Å². The molecule has 2 aromatic carbocycles. The fourth-order valence-corrected chi connectivity index (χ4v) is 4.36. The van der Waals surface area contributed by atoms with E-state index in [-0.39, 0.29) is 5.91 Å². The smallest absolute Gasteiger partial charge is 0.275 e. The summed E-state index contributed by atoms with van der Waals surface area (Å²) in [7, 11) is 0. The lowest BCUT2D eigenvalue weighted by atomic mass is 9.98. The molecule has 1 spiro atoms. The third-order valence-electron chi connectivity index (χ3n) is 5.33. The van der Waals surface area contributed by atoms with Gasteiger partial charge in [0.15, 0.2) is 0 Å². The normalized spacial score (nSPS) is 19.4. The molecule has 1 aliphatic heterocycles. The van der Waals surface area contributed by atoms with Crippen molar-refractivity contribution in [1.82, 2.24) is 4.90 Å². The van der Waals surface area contributed by atoms with Gasteiger partial charge in [0.1, 0.15) is 17.4 Å². The van der Waals surface area contributed by atoms with Gasteiger partial charge in [-0.2, -0.15) is 0 Å². The average molecular weight is 382 g/mol. The Morgan fingerprint density at radius 2 is 1.81 bits per heavy atom. The van der Waals surface area contributed by atoms with Gasteiger partial charge in [0, 0.05) is 10.6 Å². The van der Waals surface area contributed by atoms with E-state index >= 15 is 0 Å². The summed E-state index contributed by atoms with van der Waals surface area (Å²) < 4.78 is 0. The highest BCUT2D eigenvalue weighted by Gasteiger charge is 2.53. The van der Waals surface area contributed by atoms with E-state index in [9.17, 15) is 9.59 Å². The number of benzene rings is 2. The van der Waals surface area contributed by atoms with Crippen molar-refractivity contribution < 1.29 is 9.59 Å². The van der Waals surface area contributed by atoms with Crippen LogP contribution in [0, 0.1) is 0 Å². The molecular formula is C21H20ClN3O2. The van der Waals surface area contributed by atoms with Gasteiger partial charge in [0.05, 0.1) is 0 Å². The topological polar surface area (TPSA) is 75.8 Å². The lowest BCUT2D eigenvalue weighted by molar-refractivity contribution is -0.139. The van der Waals surface area contributed by atoms with E-state index in [1.165, 1.54) is 0 Å². The number of halogens is 1. The molecule has 0 radical (unpaired) electrons. The van der Waals surface area contributed by atoms with Crippen LogP contribution in [0.1, 0.15) is 42.9 Å². The number of amides is 2. The van der Waals surface area contributed by atoms with Gasteiger partial charge in [0.25, 0.3) is 5.91 Å². The van der Waals surface area contributed by atoms with Crippen LogP contribution in [0.5, 0.6) is 0 Å². The van der Waals surface area contributed by atoms with Crippen molar-refractivity contribution in [2.75, 3.05) is 0 Å². The molecule has 27 heavy (non-hydrogen) atoms. The van der Waals surface area contributed by atoms with Gasteiger partial charge in [-0.3, -0.25) is 19.5 Å². The summed E-state index contributed by atoms with van der Waals surface area (Å²) in [5.74, 6) is -0.840. The zero-order chi connectivity index (χ0) is 19.0. The molecule has 1 aliphatic carbocycles. The minimum absolute atomic E-state index is 0.258. The molecule has 0 aromatic heterocycles. The maximum absolute atomic E-state index is 13.4. The van der Waals surface area contributed by atoms with Gasteiger partial charge >= 0.3 is 0 Å². The second-order valence-electron chi connectivity index (χ2n) is 7.05. The number of carbonyl (C=O) groups is 2. The largest absolute Gasteiger partial charge is 0.368 e. The summed E-state index contributed by atoms with van der Waals surface area (Å²) in [6.45, 7) is 0. The zero-order valence-corrected chi connectivity index (χ0v) is 15.5. The first-order chi connectivity index (χ1) is 13.0. The maximum Gasteiger partial charge on any atom is 0.275 e. The summed E-state index contributed by atoms with van der Waals surface area (Å²) in [5, 5.41) is 0.495. The molecule has 2 N–H and O–H groups in total. The van der Waals surface area contributed by atoms with Gasteiger partial charge in [-0.05, 0) is 43.4 Å². The summed E-state index contributed by atoms with van der Waals surface area (Å²) in [6.07, 6.45) is 3.35. The Morgan fingerprint density at radius 3 is 2.44 bits per heavy atom. The van der Waals surface area contributed by atoms with Crippen LogP contribution in [-0.2, 0) is 9.59 Å². The Balaban J connectivity index is 1.83. The minimum Gasteiger partial charge on any atom is -0.368 e. The molecule has 4 rings (SSSR count). The zero-order valence-electron chi connectivity index (χ0n) is 14.8. The molecule has 0 bridgehead atoms. The maximum atomic E-state index is 13.4. The number of carbonyl (C=O) groups excluding carboxylic acids is 2. The van der Waals surface area contributed by atoms with E-state index in [1.54, 1.807) is 29.2 Å². The van der Waals surface area contributed by atoms with Gasteiger partial charge in [0.2, 0.25) is 5.91 Å². The second kappa shape index (κ2) is 6.82. The van der Waals surface area contributed by atoms with Gasteiger partial charge < -0.3 is 5.73 Å². The highest BCUT2D eigenvalue weighted by Crippen LogP contribution is 2.45. The first kappa shape index (κ1) is 17.7. The molecule has 1 atom stereocenters. The van der Waals surface area contributed by atoms with Crippen molar-refractivity contribution >= 4 is 29.1 Å². The lowest BCUT2D eigenvalue weighted by Gasteiger charge is -2.37. The van der Waals surface area contributed by atoms with Crippen LogP contribution in [0.3, 0.4) is 0 Å². The number of hydrogen-bond donors (Lipinski definition) is 1.